The second kappa shape index (κ2) is 8.65. The second-order valence-electron chi connectivity index (χ2n) is 7.43. The molecule has 0 spiro atoms. The fourth-order valence-corrected chi connectivity index (χ4v) is 4.86. The molecule has 2 atom stereocenters. The van der Waals surface area contributed by atoms with Gasteiger partial charge in [-0.15, -0.1) is 0 Å². The summed E-state index contributed by atoms with van der Waals surface area (Å²) < 4.78 is 29.7. The van der Waals surface area contributed by atoms with Crippen LogP contribution in [0.2, 0.25) is 0 Å². The van der Waals surface area contributed by atoms with E-state index in [-0.39, 0.29) is 24.3 Å². The van der Waals surface area contributed by atoms with Crippen molar-refractivity contribution in [3.63, 3.8) is 0 Å². The Morgan fingerprint density at radius 3 is 2.90 bits per heavy atom. The van der Waals surface area contributed by atoms with Gasteiger partial charge in [-0.1, -0.05) is 6.07 Å². The van der Waals surface area contributed by atoms with Gasteiger partial charge >= 0.3 is 10.3 Å². The zero-order valence-electron chi connectivity index (χ0n) is 16.0. The molecule has 2 aromatic heterocycles. The highest BCUT2D eigenvalue weighted by molar-refractivity contribution is 14.1. The van der Waals surface area contributed by atoms with Crippen molar-refractivity contribution in [2.24, 2.45) is 11.1 Å². The van der Waals surface area contributed by atoms with Crippen LogP contribution in [0.3, 0.4) is 0 Å². The molecular weight excluding hydrogens is 521 g/mol. The van der Waals surface area contributed by atoms with Gasteiger partial charge < -0.3 is 15.0 Å². The maximum Gasteiger partial charge on any atom is 0.333 e. The smallest absolute Gasteiger partial charge is 0.333 e. The van der Waals surface area contributed by atoms with E-state index >= 15 is 0 Å². The number of aromatic nitrogens is 3. The molecule has 30 heavy (non-hydrogen) atoms. The van der Waals surface area contributed by atoms with Gasteiger partial charge in [0.25, 0.3) is 0 Å². The predicted octanol–water partition coefficient (Wildman–Crippen LogP) is 2.91. The molecule has 1 aromatic carbocycles. The van der Waals surface area contributed by atoms with Crippen LogP contribution >= 0.6 is 22.6 Å². The number of anilines is 1. The highest BCUT2D eigenvalue weighted by Gasteiger charge is 2.28. The van der Waals surface area contributed by atoms with Gasteiger partial charge in [0, 0.05) is 18.8 Å². The van der Waals surface area contributed by atoms with Crippen LogP contribution in [0.1, 0.15) is 30.9 Å². The number of halogens is 1. The van der Waals surface area contributed by atoms with Crippen molar-refractivity contribution >= 4 is 49.7 Å². The number of hydrogen-bond donors (Lipinski definition) is 3. The van der Waals surface area contributed by atoms with Crippen LogP contribution in [0.5, 0.6) is 5.75 Å². The monoisotopic (exact) mass is 543 g/mol. The molecule has 1 fully saturated rings. The molecule has 9 nitrogen and oxygen atoms in total. The average Bonchev–Trinajstić information content (AvgIpc) is 3.33. The van der Waals surface area contributed by atoms with Gasteiger partial charge in [0.2, 0.25) is 0 Å². The van der Waals surface area contributed by atoms with Crippen molar-refractivity contribution in [2.75, 3.05) is 11.9 Å². The Morgan fingerprint density at radius 1 is 1.30 bits per heavy atom. The highest BCUT2D eigenvalue weighted by atomic mass is 127. The number of fused-ring (bicyclic) bond motifs is 1. The number of rotatable bonds is 7. The van der Waals surface area contributed by atoms with Crippen molar-refractivity contribution in [1.29, 1.82) is 0 Å². The van der Waals surface area contributed by atoms with Gasteiger partial charge in [0.15, 0.2) is 0 Å². The van der Waals surface area contributed by atoms with Gasteiger partial charge in [-0.2, -0.15) is 8.42 Å². The normalized spacial score (nSPS) is 19.4. The third-order valence-corrected chi connectivity index (χ3v) is 6.68. The number of nitrogens with zero attached hydrogens (tertiary/aromatic N) is 3. The van der Waals surface area contributed by atoms with Crippen molar-refractivity contribution in [3.8, 4) is 5.75 Å². The Bertz CT molecular complexity index is 1170. The molecule has 11 heteroatoms. The summed E-state index contributed by atoms with van der Waals surface area (Å²) in [6.07, 6.45) is 6.13. The second-order valence-corrected chi connectivity index (χ2v) is 9.82. The third kappa shape index (κ3) is 4.85. The van der Waals surface area contributed by atoms with E-state index in [2.05, 4.69) is 42.4 Å². The van der Waals surface area contributed by atoms with Crippen LogP contribution in [0, 0.1) is 9.49 Å². The van der Waals surface area contributed by atoms with Crippen LogP contribution in [0.4, 0.5) is 5.82 Å². The molecule has 0 amide bonds. The first-order valence-corrected chi connectivity index (χ1v) is 12.0. The minimum Gasteiger partial charge on any atom is -0.507 e. The Labute approximate surface area is 188 Å². The molecule has 2 heterocycles. The van der Waals surface area contributed by atoms with E-state index in [1.54, 1.807) is 6.07 Å². The molecule has 1 saturated carbocycles. The molecule has 3 aromatic rings. The topological polar surface area (TPSA) is 132 Å². The molecule has 4 N–H and O–H groups in total. The molecule has 1 unspecified atom stereocenters. The molecule has 0 radical (unpaired) electrons. The number of nitrogens with two attached hydrogens (primary N) is 1. The van der Waals surface area contributed by atoms with Crippen molar-refractivity contribution < 1.29 is 17.7 Å². The standard InChI is InChI=1S/C19H22IN5O4S/c20-16-8-12(2-4-17(16)26)9-22-18-15-5-6-25(19(15)24-11-23-18)14-3-1-13(7-14)10-29-30(21,27)28/h2,4-6,8,11,13-14,26H,1,3,7,9-10H2,(H2,21,27,28)(H,22,23,24)/t13-,14?/m0/s1. The summed E-state index contributed by atoms with van der Waals surface area (Å²) in [5.74, 6) is 1.15. The van der Waals surface area contributed by atoms with Gasteiger partial charge in [-0.05, 0) is 71.5 Å². The van der Waals surface area contributed by atoms with Crippen molar-refractivity contribution in [2.45, 2.75) is 31.8 Å². The maximum atomic E-state index is 11.0. The van der Waals surface area contributed by atoms with Crippen molar-refractivity contribution in [1.82, 2.24) is 14.5 Å². The fourth-order valence-electron chi connectivity index (χ4n) is 3.90. The first-order valence-electron chi connectivity index (χ1n) is 9.50. The van der Waals surface area contributed by atoms with Crippen LogP contribution in [-0.2, 0) is 21.0 Å². The average molecular weight is 543 g/mol. The van der Waals surface area contributed by atoms with Crippen LogP contribution < -0.4 is 10.5 Å². The minimum atomic E-state index is -3.91. The van der Waals surface area contributed by atoms with Crippen LogP contribution in [0.15, 0.2) is 36.8 Å². The third-order valence-electron chi connectivity index (χ3n) is 5.36. The summed E-state index contributed by atoms with van der Waals surface area (Å²) in [6, 6.07) is 7.69. The number of phenols is 1. The number of hydrogen-bond acceptors (Lipinski definition) is 7. The molecule has 160 valence electrons. The summed E-state index contributed by atoms with van der Waals surface area (Å²) in [7, 11) is -3.91. The lowest BCUT2D eigenvalue weighted by Gasteiger charge is -2.14. The predicted molar refractivity (Wildman–Crippen MR) is 121 cm³/mol. The molecule has 4 rings (SSSR count). The van der Waals surface area contributed by atoms with Gasteiger partial charge in [0.1, 0.15) is 23.5 Å². The first kappa shape index (κ1) is 21.3. The molecular formula is C19H22IN5O4S. The van der Waals surface area contributed by atoms with E-state index in [0.29, 0.717) is 6.54 Å². The van der Waals surface area contributed by atoms with Crippen LogP contribution in [-0.4, -0.2) is 34.7 Å². The van der Waals surface area contributed by atoms with Gasteiger partial charge in [0.05, 0.1) is 15.6 Å². The molecule has 1 aliphatic carbocycles. The fraction of sp³-hybridized carbons (Fsp3) is 0.368. The Hall–Kier alpha value is -1.96. The lowest BCUT2D eigenvalue weighted by atomic mass is 10.1. The summed E-state index contributed by atoms with van der Waals surface area (Å²) in [6.45, 7) is 0.686. The number of aromatic hydroxyl groups is 1. The number of benzene rings is 1. The lowest BCUT2D eigenvalue weighted by molar-refractivity contribution is 0.253. The zero-order valence-corrected chi connectivity index (χ0v) is 19.0. The van der Waals surface area contributed by atoms with Gasteiger partial charge in [-0.3, -0.25) is 4.18 Å². The van der Waals surface area contributed by atoms with E-state index in [0.717, 1.165) is 45.2 Å². The first-order chi connectivity index (χ1) is 14.3. The molecule has 0 aliphatic heterocycles. The summed E-state index contributed by atoms with van der Waals surface area (Å²) in [5.41, 5.74) is 1.88. The minimum absolute atomic E-state index is 0.113. The molecule has 0 saturated heterocycles. The summed E-state index contributed by atoms with van der Waals surface area (Å²) in [5, 5.41) is 18.9. The SMILES string of the molecule is NS(=O)(=O)OC[C@H]1CCC(n2ccc3c(NCc4ccc(O)c(I)c4)ncnc32)C1. The highest BCUT2D eigenvalue weighted by Crippen LogP contribution is 2.37. The molecule has 0 bridgehead atoms. The number of nitrogens with one attached hydrogen (secondary N) is 1. The van der Waals surface area contributed by atoms with E-state index in [9.17, 15) is 13.5 Å². The van der Waals surface area contributed by atoms with Crippen molar-refractivity contribution in [3.05, 3.63) is 45.9 Å². The molecule has 1 aliphatic rings. The Kier molecular flexibility index (Phi) is 6.14. The van der Waals surface area contributed by atoms with Gasteiger partial charge in [-0.25, -0.2) is 15.1 Å². The summed E-state index contributed by atoms with van der Waals surface area (Å²) in [4.78, 5) is 8.85. The van der Waals surface area contributed by atoms with E-state index in [1.165, 1.54) is 6.33 Å². The lowest BCUT2D eigenvalue weighted by Crippen LogP contribution is -2.19. The van der Waals surface area contributed by atoms with E-state index in [4.69, 9.17) is 9.32 Å². The Morgan fingerprint density at radius 2 is 2.13 bits per heavy atom. The Balaban J connectivity index is 1.47. The quantitative estimate of drug-likeness (QED) is 0.391. The largest absolute Gasteiger partial charge is 0.507 e. The van der Waals surface area contributed by atoms with E-state index in [1.807, 2.05) is 24.4 Å². The van der Waals surface area contributed by atoms with E-state index < -0.39 is 10.3 Å². The van der Waals surface area contributed by atoms with Crippen LogP contribution in [0.25, 0.3) is 11.0 Å². The zero-order chi connectivity index (χ0) is 21.3. The summed E-state index contributed by atoms with van der Waals surface area (Å²) >= 11 is 2.10. The number of phenolic OH excluding ortho intramolecular Hbond substituents is 1. The maximum absolute atomic E-state index is 11.0.